The van der Waals surface area contributed by atoms with E-state index >= 15 is 0 Å². The highest BCUT2D eigenvalue weighted by Crippen LogP contribution is 2.44. The van der Waals surface area contributed by atoms with Gasteiger partial charge < -0.3 is 16.4 Å². The second-order valence-corrected chi connectivity index (χ2v) is 8.98. The third kappa shape index (κ3) is 4.46. The van der Waals surface area contributed by atoms with Crippen LogP contribution in [-0.2, 0) is 6.42 Å². The first-order chi connectivity index (χ1) is 16.5. The SMILES string of the molecule is C=CCNC(=O)c1c(Nc2ccc(CC)cc2)sc2c(-c3ccc(Cl)cc3)c(C#N)c(N)nc12. The maximum absolute atomic E-state index is 13.2. The molecule has 4 rings (SSSR count). The summed E-state index contributed by atoms with van der Waals surface area (Å²) >= 11 is 7.44. The molecule has 0 spiro atoms. The summed E-state index contributed by atoms with van der Waals surface area (Å²) in [6, 6.07) is 17.3. The van der Waals surface area contributed by atoms with E-state index in [0.717, 1.165) is 17.7 Å². The van der Waals surface area contributed by atoms with Crippen molar-refractivity contribution in [1.29, 1.82) is 5.26 Å². The predicted octanol–water partition coefficient (Wildman–Crippen LogP) is 6.29. The molecular weight excluding hydrogens is 466 g/mol. The fraction of sp³-hybridized carbons (Fsp3) is 0.115. The first-order valence-corrected chi connectivity index (χ1v) is 11.8. The molecule has 2 heterocycles. The van der Waals surface area contributed by atoms with Gasteiger partial charge in [-0.2, -0.15) is 5.26 Å². The van der Waals surface area contributed by atoms with Crippen LogP contribution >= 0.6 is 22.9 Å². The number of anilines is 3. The lowest BCUT2D eigenvalue weighted by molar-refractivity contribution is 0.0960. The maximum atomic E-state index is 13.2. The highest BCUT2D eigenvalue weighted by atomic mass is 35.5. The molecule has 0 aliphatic heterocycles. The van der Waals surface area contributed by atoms with Crippen molar-refractivity contribution in [2.24, 2.45) is 0 Å². The molecule has 0 aliphatic rings. The number of carbonyl (C=O) groups excluding carboxylic acids is 1. The van der Waals surface area contributed by atoms with Crippen molar-refractivity contribution in [2.75, 3.05) is 17.6 Å². The summed E-state index contributed by atoms with van der Waals surface area (Å²) in [5.41, 5.74) is 10.7. The van der Waals surface area contributed by atoms with E-state index in [-0.39, 0.29) is 17.3 Å². The van der Waals surface area contributed by atoms with Crippen molar-refractivity contribution in [3.63, 3.8) is 0 Å². The fourth-order valence-corrected chi connectivity index (χ4v) is 4.99. The van der Waals surface area contributed by atoms with E-state index in [2.05, 4.69) is 35.2 Å². The number of hydrogen-bond donors (Lipinski definition) is 3. The van der Waals surface area contributed by atoms with Gasteiger partial charge in [0, 0.05) is 22.8 Å². The molecule has 0 saturated carbocycles. The smallest absolute Gasteiger partial charge is 0.256 e. The maximum Gasteiger partial charge on any atom is 0.256 e. The summed E-state index contributed by atoms with van der Waals surface area (Å²) in [5.74, 6) is -0.244. The first kappa shape index (κ1) is 23.3. The van der Waals surface area contributed by atoms with Gasteiger partial charge in [0.1, 0.15) is 28.0 Å². The number of nitrogens with two attached hydrogens (primary N) is 1. The summed E-state index contributed by atoms with van der Waals surface area (Å²) in [6.45, 7) is 6.07. The number of benzene rings is 2. The van der Waals surface area contributed by atoms with E-state index < -0.39 is 0 Å². The van der Waals surface area contributed by atoms with Gasteiger partial charge in [0.2, 0.25) is 0 Å². The quantitative estimate of drug-likeness (QED) is 0.266. The average Bonchev–Trinajstić information content (AvgIpc) is 3.19. The standard InChI is InChI=1S/C26H22ClN5OS/c1-3-13-30-25(33)21-22-23(34-26(21)31-18-11-5-15(4-2)6-12-18)20(19(14-28)24(29)32-22)16-7-9-17(27)10-8-16/h3,5-12,31H,1,4,13H2,2H3,(H2,29,32)(H,30,33). The van der Waals surface area contributed by atoms with Crippen molar-refractivity contribution in [3.8, 4) is 17.2 Å². The molecule has 6 nitrogen and oxygen atoms in total. The molecular formula is C26H22ClN5OS. The Morgan fingerprint density at radius 3 is 2.56 bits per heavy atom. The van der Waals surface area contributed by atoms with E-state index in [4.69, 9.17) is 17.3 Å². The van der Waals surface area contributed by atoms with Crippen LogP contribution in [0, 0.1) is 11.3 Å². The van der Waals surface area contributed by atoms with E-state index in [1.54, 1.807) is 18.2 Å². The molecule has 0 atom stereocenters. The van der Waals surface area contributed by atoms with Crippen LogP contribution in [0.1, 0.15) is 28.4 Å². The molecule has 0 bridgehead atoms. The first-order valence-electron chi connectivity index (χ1n) is 10.6. The molecule has 1 amide bonds. The third-order valence-electron chi connectivity index (χ3n) is 5.35. The number of nitrogen functional groups attached to an aromatic ring is 1. The third-order valence-corrected chi connectivity index (χ3v) is 6.71. The molecule has 4 N–H and O–H groups in total. The second-order valence-electron chi connectivity index (χ2n) is 7.52. The van der Waals surface area contributed by atoms with Crippen molar-refractivity contribution in [2.45, 2.75) is 13.3 Å². The van der Waals surface area contributed by atoms with Crippen LogP contribution < -0.4 is 16.4 Å². The molecule has 2 aromatic carbocycles. The van der Waals surface area contributed by atoms with Gasteiger partial charge >= 0.3 is 0 Å². The number of thiophene rings is 1. The number of aryl methyl sites for hydroxylation is 1. The Morgan fingerprint density at radius 2 is 1.94 bits per heavy atom. The van der Waals surface area contributed by atoms with Gasteiger partial charge in [0.15, 0.2) is 0 Å². The van der Waals surface area contributed by atoms with Crippen LogP contribution in [-0.4, -0.2) is 17.4 Å². The lowest BCUT2D eigenvalue weighted by atomic mass is 10.00. The molecule has 8 heteroatoms. The molecule has 0 radical (unpaired) electrons. The topological polar surface area (TPSA) is 104 Å². The van der Waals surface area contributed by atoms with E-state index in [9.17, 15) is 10.1 Å². The number of halogens is 1. The summed E-state index contributed by atoms with van der Waals surface area (Å²) in [7, 11) is 0. The van der Waals surface area contributed by atoms with Gasteiger partial charge in [-0.05, 0) is 41.8 Å². The van der Waals surface area contributed by atoms with Crippen molar-refractivity contribution < 1.29 is 4.79 Å². The van der Waals surface area contributed by atoms with Gasteiger partial charge in [0.05, 0.1) is 10.2 Å². The van der Waals surface area contributed by atoms with Gasteiger partial charge in [-0.3, -0.25) is 4.79 Å². The number of nitrogens with one attached hydrogen (secondary N) is 2. The van der Waals surface area contributed by atoms with Crippen LogP contribution in [0.25, 0.3) is 21.3 Å². The van der Waals surface area contributed by atoms with Crippen molar-refractivity contribution >= 4 is 55.6 Å². The number of nitriles is 1. The fourth-order valence-electron chi connectivity index (χ4n) is 3.63. The van der Waals surface area contributed by atoms with E-state index in [0.29, 0.717) is 37.9 Å². The summed E-state index contributed by atoms with van der Waals surface area (Å²) in [6.07, 6.45) is 2.54. The van der Waals surface area contributed by atoms with Crippen LogP contribution in [0.5, 0.6) is 0 Å². The second kappa shape index (κ2) is 9.96. The molecule has 0 unspecified atom stereocenters. The molecule has 2 aromatic heterocycles. The number of fused-ring (bicyclic) bond motifs is 1. The normalized spacial score (nSPS) is 10.6. The summed E-state index contributed by atoms with van der Waals surface area (Å²) in [4.78, 5) is 17.7. The predicted molar refractivity (Wildman–Crippen MR) is 141 cm³/mol. The van der Waals surface area contributed by atoms with E-state index in [1.165, 1.54) is 16.9 Å². The lowest BCUT2D eigenvalue weighted by Gasteiger charge is -2.10. The Bertz CT molecular complexity index is 1420. The van der Waals surface area contributed by atoms with Crippen LogP contribution in [0.4, 0.5) is 16.5 Å². The summed E-state index contributed by atoms with van der Waals surface area (Å²) in [5, 5.41) is 17.2. The average molecular weight is 488 g/mol. The van der Waals surface area contributed by atoms with E-state index in [1.807, 2.05) is 36.4 Å². The van der Waals surface area contributed by atoms with Crippen LogP contribution in [0.2, 0.25) is 5.02 Å². The Balaban J connectivity index is 1.97. The summed E-state index contributed by atoms with van der Waals surface area (Å²) < 4.78 is 0.685. The molecule has 0 saturated heterocycles. The largest absolute Gasteiger partial charge is 0.383 e. The zero-order valence-electron chi connectivity index (χ0n) is 18.5. The van der Waals surface area contributed by atoms with Gasteiger partial charge in [-0.15, -0.1) is 17.9 Å². The minimum absolute atomic E-state index is 0.0642. The highest BCUT2D eigenvalue weighted by molar-refractivity contribution is 7.24. The van der Waals surface area contributed by atoms with Crippen molar-refractivity contribution in [1.82, 2.24) is 10.3 Å². The monoisotopic (exact) mass is 487 g/mol. The number of aromatic nitrogens is 1. The number of rotatable bonds is 7. The minimum atomic E-state index is -0.308. The molecule has 0 aliphatic carbocycles. The van der Waals surface area contributed by atoms with Gasteiger partial charge in [-0.25, -0.2) is 4.98 Å². The Morgan fingerprint density at radius 1 is 1.24 bits per heavy atom. The zero-order valence-corrected chi connectivity index (χ0v) is 20.1. The molecule has 34 heavy (non-hydrogen) atoms. The van der Waals surface area contributed by atoms with Gasteiger partial charge in [-0.1, -0.05) is 48.9 Å². The van der Waals surface area contributed by atoms with Crippen molar-refractivity contribution in [3.05, 3.63) is 82.9 Å². The number of pyridine rings is 1. The Hall–Kier alpha value is -3.86. The molecule has 4 aromatic rings. The Kier molecular flexibility index (Phi) is 6.82. The lowest BCUT2D eigenvalue weighted by Crippen LogP contribution is -2.23. The van der Waals surface area contributed by atoms with Gasteiger partial charge in [0.25, 0.3) is 5.91 Å². The minimum Gasteiger partial charge on any atom is -0.383 e. The number of hydrogen-bond acceptors (Lipinski definition) is 6. The number of amides is 1. The molecule has 0 fully saturated rings. The highest BCUT2D eigenvalue weighted by Gasteiger charge is 2.26. The Labute approximate surface area is 206 Å². The van der Waals surface area contributed by atoms with Crippen LogP contribution in [0.15, 0.2) is 61.2 Å². The van der Waals surface area contributed by atoms with Crippen LogP contribution in [0.3, 0.4) is 0 Å². The number of nitrogens with zero attached hydrogens (tertiary/aromatic N) is 2. The molecule has 170 valence electrons. The number of carbonyl (C=O) groups is 1. The zero-order chi connectivity index (χ0) is 24.2.